The Hall–Kier alpha value is -2.51. The molecular weight excluding hydrogens is 284 g/mol. The van der Waals surface area contributed by atoms with Crippen molar-refractivity contribution in [2.45, 2.75) is 25.3 Å². The van der Waals surface area contributed by atoms with Gasteiger partial charge in [0.25, 0.3) is 5.89 Å². The first-order valence-electron chi connectivity index (χ1n) is 6.29. The van der Waals surface area contributed by atoms with Crippen LogP contribution in [-0.4, -0.2) is 21.3 Å². The summed E-state index contributed by atoms with van der Waals surface area (Å²) in [6.45, 7) is 0. The fourth-order valence-corrected chi connectivity index (χ4v) is 2.50. The van der Waals surface area contributed by atoms with E-state index in [-0.39, 0.29) is 11.9 Å². The van der Waals surface area contributed by atoms with E-state index in [1.807, 2.05) is 0 Å². The maximum atomic E-state index is 12.4. The summed E-state index contributed by atoms with van der Waals surface area (Å²) in [7, 11) is 0. The van der Waals surface area contributed by atoms with Crippen LogP contribution in [0, 0.1) is 0 Å². The summed E-state index contributed by atoms with van der Waals surface area (Å²) in [5, 5.41) is 14.7. The largest absolute Gasteiger partial charge is 0.465 e. The second kappa shape index (κ2) is 5.12. The maximum Gasteiger partial charge on any atom is 0.405 e. The maximum absolute atomic E-state index is 12.4. The number of carboxylic acid groups (broad SMARTS) is 1. The van der Waals surface area contributed by atoms with E-state index in [2.05, 4.69) is 20.0 Å². The van der Waals surface area contributed by atoms with Gasteiger partial charge in [-0.05, 0) is 30.0 Å². The molecule has 3 rings (SSSR count). The average molecular weight is 295 g/mol. The summed E-state index contributed by atoms with van der Waals surface area (Å²) in [5.74, 6) is -0.612. The predicted molar refractivity (Wildman–Crippen MR) is 66.9 cm³/mol. The van der Waals surface area contributed by atoms with Crippen molar-refractivity contribution in [3.8, 4) is 11.4 Å². The van der Waals surface area contributed by atoms with Crippen LogP contribution in [0.5, 0.6) is 0 Å². The Morgan fingerprint density at radius 2 is 2.29 bits per heavy atom. The third-order valence-corrected chi connectivity index (χ3v) is 3.41. The molecule has 6 nitrogen and oxygen atoms in total. The third kappa shape index (κ3) is 2.56. The summed E-state index contributed by atoms with van der Waals surface area (Å²) >= 11 is 0. The lowest BCUT2D eigenvalue weighted by Gasteiger charge is -2.11. The summed E-state index contributed by atoms with van der Waals surface area (Å²) in [6.07, 6.45) is -2.51. The first-order chi connectivity index (χ1) is 10.0. The molecule has 0 spiro atoms. The minimum atomic E-state index is -2.80. The minimum Gasteiger partial charge on any atom is -0.465 e. The molecule has 0 bridgehead atoms. The zero-order chi connectivity index (χ0) is 15.0. The lowest BCUT2D eigenvalue weighted by atomic mass is 10.0. The number of hydrogen-bond donors (Lipinski definition) is 2. The molecule has 2 aromatic rings. The Labute approximate surface area is 117 Å². The number of nitrogens with one attached hydrogen (secondary N) is 1. The number of aromatic nitrogens is 2. The molecule has 2 N–H and O–H groups in total. The van der Waals surface area contributed by atoms with Crippen LogP contribution in [0.25, 0.3) is 11.4 Å². The summed E-state index contributed by atoms with van der Waals surface area (Å²) in [5.41, 5.74) is 2.41. The van der Waals surface area contributed by atoms with Gasteiger partial charge in [0.05, 0.1) is 6.04 Å². The van der Waals surface area contributed by atoms with Gasteiger partial charge in [-0.25, -0.2) is 4.79 Å². The molecule has 0 unspecified atom stereocenters. The summed E-state index contributed by atoms with van der Waals surface area (Å²) in [6, 6.07) is 4.96. The van der Waals surface area contributed by atoms with Crippen LogP contribution in [0.4, 0.5) is 13.6 Å². The van der Waals surface area contributed by atoms with Crippen molar-refractivity contribution in [2.24, 2.45) is 0 Å². The van der Waals surface area contributed by atoms with Gasteiger partial charge in [0, 0.05) is 5.56 Å². The molecule has 1 aromatic carbocycles. The molecule has 110 valence electrons. The van der Waals surface area contributed by atoms with Crippen LogP contribution >= 0.6 is 0 Å². The fourth-order valence-electron chi connectivity index (χ4n) is 2.50. The zero-order valence-corrected chi connectivity index (χ0v) is 10.7. The molecule has 0 saturated heterocycles. The van der Waals surface area contributed by atoms with Gasteiger partial charge in [-0.15, -0.1) is 0 Å². The first-order valence-corrected chi connectivity index (χ1v) is 6.29. The predicted octanol–water partition coefficient (Wildman–Crippen LogP) is 2.93. The van der Waals surface area contributed by atoms with Gasteiger partial charge in [0.15, 0.2) is 0 Å². The molecule has 1 atom stereocenters. The molecule has 1 aliphatic rings. The molecule has 1 aliphatic carbocycles. The number of hydrogen-bond acceptors (Lipinski definition) is 4. The number of halogens is 2. The van der Waals surface area contributed by atoms with E-state index in [1.54, 1.807) is 18.2 Å². The fraction of sp³-hybridized carbons (Fsp3) is 0.308. The van der Waals surface area contributed by atoms with Crippen molar-refractivity contribution in [1.82, 2.24) is 15.5 Å². The SMILES string of the molecule is O=C(O)N[C@@H]1CCc2cc(-c3noc(C(F)F)n3)ccc21. The number of fused-ring (bicyclic) bond motifs is 1. The minimum absolute atomic E-state index is 0.0998. The van der Waals surface area contributed by atoms with Crippen molar-refractivity contribution >= 4 is 6.09 Å². The second-order valence-electron chi connectivity index (χ2n) is 4.71. The molecule has 8 heteroatoms. The quantitative estimate of drug-likeness (QED) is 0.908. The normalized spacial score (nSPS) is 17.0. The number of carbonyl (C=O) groups is 1. The smallest absolute Gasteiger partial charge is 0.405 e. The van der Waals surface area contributed by atoms with Crippen molar-refractivity contribution in [2.75, 3.05) is 0 Å². The van der Waals surface area contributed by atoms with Crippen molar-refractivity contribution in [3.05, 3.63) is 35.2 Å². The lowest BCUT2D eigenvalue weighted by Crippen LogP contribution is -2.24. The van der Waals surface area contributed by atoms with Crippen molar-refractivity contribution < 1.29 is 23.2 Å². The first kappa shape index (κ1) is 13.5. The molecule has 0 radical (unpaired) electrons. The molecule has 1 aromatic heterocycles. The number of amides is 1. The van der Waals surface area contributed by atoms with Crippen LogP contribution in [0.1, 0.15) is 35.9 Å². The molecule has 0 aliphatic heterocycles. The third-order valence-electron chi connectivity index (χ3n) is 3.41. The van der Waals surface area contributed by atoms with E-state index in [0.29, 0.717) is 18.4 Å². The van der Waals surface area contributed by atoms with Gasteiger partial charge in [0.2, 0.25) is 5.82 Å². The van der Waals surface area contributed by atoms with E-state index >= 15 is 0 Å². The highest BCUT2D eigenvalue weighted by Crippen LogP contribution is 2.33. The van der Waals surface area contributed by atoms with E-state index in [9.17, 15) is 13.6 Å². The Balaban J connectivity index is 1.88. The molecule has 0 fully saturated rings. The number of aryl methyl sites for hydroxylation is 1. The van der Waals surface area contributed by atoms with Gasteiger partial charge >= 0.3 is 12.5 Å². The van der Waals surface area contributed by atoms with Crippen LogP contribution in [0.2, 0.25) is 0 Å². The monoisotopic (exact) mass is 295 g/mol. The van der Waals surface area contributed by atoms with Gasteiger partial charge in [-0.1, -0.05) is 17.3 Å². The van der Waals surface area contributed by atoms with Gasteiger partial charge < -0.3 is 14.9 Å². The van der Waals surface area contributed by atoms with E-state index in [1.165, 1.54) is 0 Å². The van der Waals surface area contributed by atoms with Crippen molar-refractivity contribution in [1.29, 1.82) is 0 Å². The van der Waals surface area contributed by atoms with E-state index in [0.717, 1.165) is 11.1 Å². The van der Waals surface area contributed by atoms with Crippen LogP contribution < -0.4 is 5.32 Å². The number of nitrogens with zero attached hydrogens (tertiary/aromatic N) is 2. The average Bonchev–Trinajstić information content (AvgIpc) is 3.05. The van der Waals surface area contributed by atoms with E-state index in [4.69, 9.17) is 5.11 Å². The Morgan fingerprint density at radius 3 is 2.95 bits per heavy atom. The number of rotatable bonds is 3. The second-order valence-corrected chi connectivity index (χ2v) is 4.71. The van der Waals surface area contributed by atoms with Crippen LogP contribution in [-0.2, 0) is 6.42 Å². The molecule has 0 saturated carbocycles. The Kier molecular flexibility index (Phi) is 3.28. The standard InChI is InChI=1S/C13H11F2N3O3/c14-10(15)12-17-11(18-21-12)7-1-3-8-6(5-7)2-4-9(8)16-13(19)20/h1,3,5,9-10,16H,2,4H2,(H,19,20)/t9-/m1/s1. The highest BCUT2D eigenvalue weighted by atomic mass is 19.3. The number of alkyl halides is 2. The lowest BCUT2D eigenvalue weighted by molar-refractivity contribution is 0.106. The van der Waals surface area contributed by atoms with E-state index < -0.39 is 18.4 Å². The van der Waals surface area contributed by atoms with Crippen LogP contribution in [0.3, 0.4) is 0 Å². The zero-order valence-electron chi connectivity index (χ0n) is 10.7. The Bertz CT molecular complexity index is 687. The molecule has 1 amide bonds. The highest BCUT2D eigenvalue weighted by molar-refractivity contribution is 5.66. The molecule has 1 heterocycles. The molecule has 21 heavy (non-hydrogen) atoms. The topological polar surface area (TPSA) is 88.2 Å². The highest BCUT2D eigenvalue weighted by Gasteiger charge is 2.25. The van der Waals surface area contributed by atoms with Gasteiger partial charge in [0.1, 0.15) is 0 Å². The van der Waals surface area contributed by atoms with Gasteiger partial charge in [-0.3, -0.25) is 0 Å². The van der Waals surface area contributed by atoms with Crippen LogP contribution in [0.15, 0.2) is 22.7 Å². The Morgan fingerprint density at radius 1 is 1.48 bits per heavy atom. The van der Waals surface area contributed by atoms with Crippen molar-refractivity contribution in [3.63, 3.8) is 0 Å². The summed E-state index contributed by atoms with van der Waals surface area (Å²) in [4.78, 5) is 14.3. The molecular formula is C13H11F2N3O3. The summed E-state index contributed by atoms with van der Waals surface area (Å²) < 4.78 is 29.3. The van der Waals surface area contributed by atoms with Gasteiger partial charge in [-0.2, -0.15) is 13.8 Å². The number of benzene rings is 1.